The monoisotopic (exact) mass is 571 g/mol. The third-order valence-corrected chi connectivity index (χ3v) is 10.0. The number of nitrogens with one attached hydrogen (secondary N) is 1. The van der Waals surface area contributed by atoms with Crippen LogP contribution >= 0.6 is 0 Å². The van der Waals surface area contributed by atoms with Gasteiger partial charge in [0.25, 0.3) is 0 Å². The number of carboxylic acids is 1. The number of ether oxygens (including phenoxy) is 1. The molecule has 2 aromatic carbocycles. The molecule has 4 aliphatic rings. The number of hydrogen-bond acceptors (Lipinski definition) is 3. The minimum Gasteiger partial charge on any atom is -0.478 e. The van der Waals surface area contributed by atoms with E-state index in [1.165, 1.54) is 89.0 Å². The summed E-state index contributed by atoms with van der Waals surface area (Å²) in [6, 6.07) is 14.3. The molecule has 1 amide bonds. The summed E-state index contributed by atoms with van der Waals surface area (Å²) in [5.74, 6) is 2.12. The van der Waals surface area contributed by atoms with E-state index in [9.17, 15) is 9.59 Å². The highest BCUT2D eigenvalue weighted by Gasteiger charge is 2.52. The molecule has 4 bridgehead atoms. The number of rotatable bonds is 15. The zero-order valence-corrected chi connectivity index (χ0v) is 25.4. The molecule has 0 heterocycles. The van der Waals surface area contributed by atoms with Crippen molar-refractivity contribution in [3.05, 3.63) is 59.7 Å². The number of carbonyl (C=O) groups excluding carboxylic acids is 1. The number of unbranched alkanes of at least 4 members (excludes halogenated alkanes) is 8. The number of carbonyl (C=O) groups is 2. The van der Waals surface area contributed by atoms with Crippen LogP contribution in [0.2, 0.25) is 0 Å². The summed E-state index contributed by atoms with van der Waals surface area (Å²) in [6.45, 7) is 2.91. The second-order valence-corrected chi connectivity index (χ2v) is 13.3. The Labute approximate surface area is 252 Å². The van der Waals surface area contributed by atoms with Gasteiger partial charge in [-0.05, 0) is 103 Å². The number of aliphatic carboxylic acids is 1. The molecule has 4 saturated carbocycles. The molecule has 4 aliphatic carbocycles. The standard InChI is InChI=1S/C37H49NO4/c1-2-3-4-5-6-7-8-9-10-19-38-36(41)42-34-17-16-32(31-14-11-27(12-15-31)13-18-35(39)40)23-33(34)37-24-28-20-29(25-37)22-30(21-28)26-37/h11-18,23,28-30H,2-10,19-22,24-26H2,1H3,(H,38,41)(H,39,40)/b18-13+. The summed E-state index contributed by atoms with van der Waals surface area (Å²) in [4.78, 5) is 23.8. The molecule has 2 N–H and O–H groups in total. The van der Waals surface area contributed by atoms with E-state index in [0.717, 1.165) is 53.4 Å². The lowest BCUT2D eigenvalue weighted by Crippen LogP contribution is -2.48. The number of carboxylic acid groups (broad SMARTS) is 1. The fourth-order valence-corrected chi connectivity index (χ4v) is 8.37. The van der Waals surface area contributed by atoms with Gasteiger partial charge in [0.1, 0.15) is 5.75 Å². The maximum atomic E-state index is 12.9. The quantitative estimate of drug-likeness (QED) is 0.165. The van der Waals surface area contributed by atoms with Crippen molar-refractivity contribution >= 4 is 18.1 Å². The molecule has 2 aromatic rings. The van der Waals surface area contributed by atoms with E-state index in [2.05, 4.69) is 24.4 Å². The molecule has 42 heavy (non-hydrogen) atoms. The Morgan fingerprint density at radius 1 is 0.833 bits per heavy atom. The lowest BCUT2D eigenvalue weighted by Gasteiger charge is -2.57. The van der Waals surface area contributed by atoms with E-state index in [1.54, 1.807) is 6.08 Å². The molecule has 0 atom stereocenters. The van der Waals surface area contributed by atoms with Gasteiger partial charge in [0, 0.05) is 18.2 Å². The Morgan fingerprint density at radius 2 is 1.40 bits per heavy atom. The molecule has 0 spiro atoms. The summed E-state index contributed by atoms with van der Waals surface area (Å²) < 4.78 is 6.07. The largest absolute Gasteiger partial charge is 0.478 e. The van der Waals surface area contributed by atoms with Gasteiger partial charge < -0.3 is 15.2 Å². The zero-order valence-electron chi connectivity index (χ0n) is 25.4. The van der Waals surface area contributed by atoms with Crippen molar-refractivity contribution in [3.63, 3.8) is 0 Å². The van der Waals surface area contributed by atoms with Gasteiger partial charge in [-0.25, -0.2) is 9.59 Å². The fourth-order valence-electron chi connectivity index (χ4n) is 8.37. The highest BCUT2D eigenvalue weighted by Crippen LogP contribution is 2.62. The lowest BCUT2D eigenvalue weighted by molar-refractivity contribution is -0.131. The van der Waals surface area contributed by atoms with Crippen LogP contribution < -0.4 is 10.1 Å². The number of amides is 1. The molecule has 0 aliphatic heterocycles. The predicted molar refractivity (Wildman–Crippen MR) is 170 cm³/mol. The van der Waals surface area contributed by atoms with Gasteiger partial charge in [-0.15, -0.1) is 0 Å². The van der Waals surface area contributed by atoms with Gasteiger partial charge in [-0.3, -0.25) is 0 Å². The minimum absolute atomic E-state index is 0.0850. The van der Waals surface area contributed by atoms with Crippen molar-refractivity contribution < 1.29 is 19.4 Å². The average Bonchev–Trinajstić information content (AvgIpc) is 2.97. The molecule has 0 aromatic heterocycles. The maximum absolute atomic E-state index is 12.9. The summed E-state index contributed by atoms with van der Waals surface area (Å²) in [7, 11) is 0. The van der Waals surface area contributed by atoms with Crippen LogP contribution in [-0.2, 0) is 10.2 Å². The molecule has 5 heteroatoms. The van der Waals surface area contributed by atoms with E-state index in [1.807, 2.05) is 30.3 Å². The first-order valence-corrected chi connectivity index (χ1v) is 16.6. The van der Waals surface area contributed by atoms with Gasteiger partial charge in [0.2, 0.25) is 0 Å². The molecule has 6 rings (SSSR count). The van der Waals surface area contributed by atoms with Gasteiger partial charge in [0.05, 0.1) is 0 Å². The molecule has 0 saturated heterocycles. The minimum atomic E-state index is -0.952. The van der Waals surface area contributed by atoms with Crippen LogP contribution in [0.15, 0.2) is 48.5 Å². The SMILES string of the molecule is CCCCCCCCCCCNC(=O)Oc1ccc(-c2ccc(/C=C/C(=O)O)cc2)cc1C12CC3CC(CC(C3)C1)C2. The summed E-state index contributed by atoms with van der Waals surface area (Å²) >= 11 is 0. The first-order valence-electron chi connectivity index (χ1n) is 16.6. The van der Waals surface area contributed by atoms with Gasteiger partial charge in [0.15, 0.2) is 0 Å². The fraction of sp³-hybridized carbons (Fsp3) is 0.568. The van der Waals surface area contributed by atoms with Crippen molar-refractivity contribution in [3.8, 4) is 16.9 Å². The second kappa shape index (κ2) is 14.4. The first-order chi connectivity index (χ1) is 20.4. The molecular weight excluding hydrogens is 522 g/mol. The molecule has 5 nitrogen and oxygen atoms in total. The van der Waals surface area contributed by atoms with Gasteiger partial charge >= 0.3 is 12.1 Å². The van der Waals surface area contributed by atoms with Crippen molar-refractivity contribution in [1.29, 1.82) is 0 Å². The van der Waals surface area contributed by atoms with Crippen LogP contribution in [0, 0.1) is 17.8 Å². The van der Waals surface area contributed by atoms with E-state index in [-0.39, 0.29) is 11.5 Å². The van der Waals surface area contributed by atoms with Crippen LogP contribution in [-0.4, -0.2) is 23.7 Å². The number of hydrogen-bond donors (Lipinski definition) is 2. The topological polar surface area (TPSA) is 75.6 Å². The Bertz CT molecular complexity index is 1200. The van der Waals surface area contributed by atoms with Crippen LogP contribution in [0.3, 0.4) is 0 Å². The van der Waals surface area contributed by atoms with E-state index in [0.29, 0.717) is 12.3 Å². The molecule has 0 unspecified atom stereocenters. The third-order valence-electron chi connectivity index (χ3n) is 10.0. The van der Waals surface area contributed by atoms with Crippen LogP contribution in [0.1, 0.15) is 114 Å². The first kappa shape index (κ1) is 30.4. The molecule has 226 valence electrons. The summed E-state index contributed by atoms with van der Waals surface area (Å²) in [6.07, 6.45) is 21.4. The Balaban J connectivity index is 1.25. The Kier molecular flexibility index (Phi) is 10.4. The predicted octanol–water partition coefficient (Wildman–Crippen LogP) is 9.54. The van der Waals surface area contributed by atoms with Crippen molar-refractivity contribution in [2.75, 3.05) is 6.54 Å². The third kappa shape index (κ3) is 7.85. The van der Waals surface area contributed by atoms with Crippen LogP contribution in [0.4, 0.5) is 4.79 Å². The van der Waals surface area contributed by atoms with Crippen LogP contribution in [0.25, 0.3) is 17.2 Å². The van der Waals surface area contributed by atoms with E-state index >= 15 is 0 Å². The summed E-state index contributed by atoms with van der Waals surface area (Å²) in [5, 5.41) is 12.0. The normalized spacial score (nSPS) is 24.3. The highest BCUT2D eigenvalue weighted by atomic mass is 16.6. The van der Waals surface area contributed by atoms with Gasteiger partial charge in [-0.2, -0.15) is 0 Å². The molecule has 4 fully saturated rings. The zero-order chi connectivity index (χ0) is 29.4. The molecular formula is C37H49NO4. The highest BCUT2D eigenvalue weighted by molar-refractivity contribution is 5.85. The smallest absolute Gasteiger partial charge is 0.412 e. The Hall–Kier alpha value is -3.08. The maximum Gasteiger partial charge on any atom is 0.412 e. The lowest BCUT2D eigenvalue weighted by atomic mass is 9.48. The average molecular weight is 572 g/mol. The number of benzene rings is 2. The van der Waals surface area contributed by atoms with Crippen molar-refractivity contribution in [1.82, 2.24) is 5.32 Å². The van der Waals surface area contributed by atoms with Crippen molar-refractivity contribution in [2.45, 2.75) is 109 Å². The van der Waals surface area contributed by atoms with E-state index < -0.39 is 5.97 Å². The summed E-state index contributed by atoms with van der Waals surface area (Å²) in [5.41, 5.74) is 4.33. The van der Waals surface area contributed by atoms with Crippen molar-refractivity contribution in [2.24, 2.45) is 17.8 Å². The second-order valence-electron chi connectivity index (χ2n) is 13.3. The van der Waals surface area contributed by atoms with Crippen LogP contribution in [0.5, 0.6) is 5.75 Å². The van der Waals surface area contributed by atoms with E-state index in [4.69, 9.17) is 9.84 Å². The molecule has 0 radical (unpaired) electrons. The Morgan fingerprint density at radius 3 is 2.00 bits per heavy atom. The van der Waals surface area contributed by atoms with Gasteiger partial charge in [-0.1, -0.05) is 88.6 Å².